The topological polar surface area (TPSA) is 84.4 Å². The van der Waals surface area contributed by atoms with Gasteiger partial charge in [-0.05, 0) is 37.0 Å². The first kappa shape index (κ1) is 15.6. The van der Waals surface area contributed by atoms with Gasteiger partial charge in [-0.25, -0.2) is 4.98 Å². The normalized spacial score (nSPS) is 18.4. The summed E-state index contributed by atoms with van der Waals surface area (Å²) in [7, 11) is 1.78. The van der Waals surface area contributed by atoms with Crippen molar-refractivity contribution in [2.24, 2.45) is 0 Å². The molecule has 1 atom stereocenters. The summed E-state index contributed by atoms with van der Waals surface area (Å²) in [5.41, 5.74) is 3.00. The first-order chi connectivity index (χ1) is 12.1. The molecule has 7 nitrogen and oxygen atoms in total. The zero-order valence-electron chi connectivity index (χ0n) is 13.9. The number of nitrogens with one attached hydrogen (secondary N) is 1. The number of carbonyl (C=O) groups excluding carboxylic acids is 2. The molecule has 2 aliphatic rings. The van der Waals surface area contributed by atoms with Gasteiger partial charge in [-0.1, -0.05) is 6.07 Å². The molecule has 0 radical (unpaired) electrons. The molecule has 2 amide bonds. The van der Waals surface area contributed by atoms with Gasteiger partial charge in [0, 0.05) is 19.4 Å². The van der Waals surface area contributed by atoms with Crippen molar-refractivity contribution >= 4 is 17.5 Å². The Morgan fingerprint density at radius 1 is 1.40 bits per heavy atom. The predicted molar refractivity (Wildman–Crippen MR) is 90.4 cm³/mol. The van der Waals surface area contributed by atoms with Crippen LogP contribution in [-0.2, 0) is 11.2 Å². The lowest BCUT2D eigenvalue weighted by molar-refractivity contribution is -0.118. The zero-order valence-corrected chi connectivity index (χ0v) is 13.9. The van der Waals surface area contributed by atoms with Gasteiger partial charge in [-0.2, -0.15) is 0 Å². The summed E-state index contributed by atoms with van der Waals surface area (Å²) in [6.07, 6.45) is 6.14. The number of anilines is 1. The van der Waals surface area contributed by atoms with Crippen LogP contribution >= 0.6 is 0 Å². The standard InChI is InChI=1S/C18H18N4O3/c1-22(14-6-2-4-11-5-3-7-19-16(11)14)18(24)12-8-13-17(20-9-12)25-10-15(23)21-13/h3,5,7-9,14H,2,4,6,10H2,1H3,(H,21,23). The average Bonchev–Trinajstić information content (AvgIpc) is 2.65. The molecule has 7 heteroatoms. The van der Waals surface area contributed by atoms with Crippen molar-refractivity contribution in [3.05, 3.63) is 47.4 Å². The Bertz CT molecular complexity index is 852. The quantitative estimate of drug-likeness (QED) is 0.905. The molecule has 2 aromatic heterocycles. The number of ether oxygens (including phenoxy) is 1. The van der Waals surface area contributed by atoms with Gasteiger partial charge in [0.2, 0.25) is 5.88 Å². The summed E-state index contributed by atoms with van der Waals surface area (Å²) in [4.78, 5) is 34.7. The van der Waals surface area contributed by atoms with E-state index in [1.165, 1.54) is 11.8 Å². The Kier molecular flexibility index (Phi) is 3.83. The highest BCUT2D eigenvalue weighted by Crippen LogP contribution is 2.33. The van der Waals surface area contributed by atoms with Crippen LogP contribution in [0.2, 0.25) is 0 Å². The lowest BCUT2D eigenvalue weighted by Gasteiger charge is -2.32. The van der Waals surface area contributed by atoms with Gasteiger partial charge in [0.25, 0.3) is 11.8 Å². The predicted octanol–water partition coefficient (Wildman–Crippen LogP) is 1.96. The monoisotopic (exact) mass is 338 g/mol. The number of aryl methyl sites for hydroxylation is 1. The van der Waals surface area contributed by atoms with E-state index in [2.05, 4.69) is 21.4 Å². The van der Waals surface area contributed by atoms with Gasteiger partial charge in [-0.15, -0.1) is 0 Å². The van der Waals surface area contributed by atoms with Crippen LogP contribution in [0.15, 0.2) is 30.6 Å². The van der Waals surface area contributed by atoms with E-state index in [9.17, 15) is 9.59 Å². The second-order valence-electron chi connectivity index (χ2n) is 6.29. The fraction of sp³-hybridized carbons (Fsp3) is 0.333. The van der Waals surface area contributed by atoms with E-state index in [0.717, 1.165) is 25.0 Å². The molecule has 0 fully saturated rings. The maximum absolute atomic E-state index is 12.9. The molecule has 1 unspecified atom stereocenters. The van der Waals surface area contributed by atoms with E-state index >= 15 is 0 Å². The molecule has 2 aromatic rings. The first-order valence-corrected chi connectivity index (χ1v) is 8.27. The summed E-state index contributed by atoms with van der Waals surface area (Å²) in [5.74, 6) is -0.0697. The van der Waals surface area contributed by atoms with Gasteiger partial charge in [0.1, 0.15) is 5.69 Å². The largest absolute Gasteiger partial charge is 0.466 e. The number of amides is 2. The van der Waals surface area contributed by atoms with Crippen LogP contribution in [0.5, 0.6) is 5.88 Å². The highest BCUT2D eigenvalue weighted by atomic mass is 16.5. The van der Waals surface area contributed by atoms with Crippen molar-refractivity contribution in [2.75, 3.05) is 19.0 Å². The molecule has 3 heterocycles. The smallest absolute Gasteiger partial charge is 0.262 e. The van der Waals surface area contributed by atoms with E-state index in [1.54, 1.807) is 24.2 Å². The van der Waals surface area contributed by atoms with Gasteiger partial charge in [0.15, 0.2) is 6.61 Å². The van der Waals surface area contributed by atoms with Crippen LogP contribution in [-0.4, -0.2) is 40.3 Å². The van der Waals surface area contributed by atoms with E-state index < -0.39 is 0 Å². The second-order valence-corrected chi connectivity index (χ2v) is 6.29. The number of hydrogen-bond donors (Lipinski definition) is 1. The minimum atomic E-state index is -0.252. The summed E-state index contributed by atoms with van der Waals surface area (Å²) >= 11 is 0. The van der Waals surface area contributed by atoms with Crippen LogP contribution in [0.25, 0.3) is 0 Å². The molecule has 0 aromatic carbocycles. The van der Waals surface area contributed by atoms with Crippen molar-refractivity contribution in [1.29, 1.82) is 0 Å². The van der Waals surface area contributed by atoms with Crippen molar-refractivity contribution in [2.45, 2.75) is 25.3 Å². The molecule has 1 N–H and O–H groups in total. The minimum absolute atomic E-state index is 0.0562. The highest BCUT2D eigenvalue weighted by molar-refractivity contribution is 5.99. The Labute approximate surface area is 145 Å². The van der Waals surface area contributed by atoms with Gasteiger partial charge in [0.05, 0.1) is 17.3 Å². The zero-order chi connectivity index (χ0) is 17.4. The van der Waals surface area contributed by atoms with E-state index in [1.807, 2.05) is 6.07 Å². The van der Waals surface area contributed by atoms with E-state index in [-0.39, 0.29) is 24.5 Å². The molecule has 0 bridgehead atoms. The summed E-state index contributed by atoms with van der Waals surface area (Å²) in [6.45, 7) is -0.0578. The SMILES string of the molecule is CN(C(=O)c1cnc2c(c1)NC(=O)CO2)C1CCCc2cccnc21. The molecule has 1 aliphatic heterocycles. The van der Waals surface area contributed by atoms with Crippen LogP contribution in [0, 0.1) is 0 Å². The molecule has 4 rings (SSSR count). The number of aromatic nitrogens is 2. The molecule has 0 saturated carbocycles. The van der Waals surface area contributed by atoms with E-state index in [4.69, 9.17) is 4.74 Å². The molecule has 0 saturated heterocycles. The lowest BCUT2D eigenvalue weighted by atomic mass is 9.91. The molecular formula is C18H18N4O3. The fourth-order valence-electron chi connectivity index (χ4n) is 3.40. The average molecular weight is 338 g/mol. The second kappa shape index (κ2) is 6.16. The molecule has 25 heavy (non-hydrogen) atoms. The third kappa shape index (κ3) is 2.82. The van der Waals surface area contributed by atoms with Crippen LogP contribution in [0.4, 0.5) is 5.69 Å². The van der Waals surface area contributed by atoms with Crippen molar-refractivity contribution in [3.8, 4) is 5.88 Å². The number of pyridine rings is 2. The van der Waals surface area contributed by atoms with E-state index in [0.29, 0.717) is 17.1 Å². The maximum atomic E-state index is 12.9. The Balaban J connectivity index is 1.61. The summed E-state index contributed by atoms with van der Waals surface area (Å²) < 4.78 is 5.24. The van der Waals surface area contributed by atoms with Crippen LogP contribution in [0.1, 0.15) is 40.5 Å². The molecular weight excluding hydrogens is 320 g/mol. The number of nitrogens with zero attached hydrogens (tertiary/aromatic N) is 3. The van der Waals surface area contributed by atoms with Crippen molar-refractivity contribution in [1.82, 2.24) is 14.9 Å². The molecule has 1 aliphatic carbocycles. The molecule has 128 valence electrons. The van der Waals surface area contributed by atoms with Gasteiger partial charge in [-0.3, -0.25) is 14.6 Å². The Hall–Kier alpha value is -2.96. The van der Waals surface area contributed by atoms with Gasteiger partial charge >= 0.3 is 0 Å². The fourth-order valence-corrected chi connectivity index (χ4v) is 3.40. The molecule has 0 spiro atoms. The third-order valence-electron chi connectivity index (χ3n) is 4.67. The number of hydrogen-bond acceptors (Lipinski definition) is 5. The van der Waals surface area contributed by atoms with Crippen LogP contribution in [0.3, 0.4) is 0 Å². The Morgan fingerprint density at radius 2 is 2.28 bits per heavy atom. The number of rotatable bonds is 2. The third-order valence-corrected chi connectivity index (χ3v) is 4.67. The Morgan fingerprint density at radius 3 is 3.16 bits per heavy atom. The van der Waals surface area contributed by atoms with Crippen molar-refractivity contribution in [3.63, 3.8) is 0 Å². The number of fused-ring (bicyclic) bond motifs is 2. The first-order valence-electron chi connectivity index (χ1n) is 8.27. The minimum Gasteiger partial charge on any atom is -0.466 e. The maximum Gasteiger partial charge on any atom is 0.262 e. The summed E-state index contributed by atoms with van der Waals surface area (Å²) in [6, 6.07) is 5.55. The highest BCUT2D eigenvalue weighted by Gasteiger charge is 2.29. The lowest BCUT2D eigenvalue weighted by Crippen LogP contribution is -2.34. The van der Waals surface area contributed by atoms with Gasteiger partial charge < -0.3 is 15.0 Å². The summed E-state index contributed by atoms with van der Waals surface area (Å²) in [5, 5.41) is 2.68. The number of carbonyl (C=O) groups is 2. The van der Waals surface area contributed by atoms with Crippen molar-refractivity contribution < 1.29 is 14.3 Å². The van der Waals surface area contributed by atoms with Crippen LogP contribution < -0.4 is 10.1 Å².